The Balaban J connectivity index is 1.91. The first-order chi connectivity index (χ1) is 11.1. The van der Waals surface area contributed by atoms with Crippen LogP contribution in [-0.2, 0) is 0 Å². The van der Waals surface area contributed by atoms with Crippen molar-refractivity contribution >= 4 is 24.5 Å². The number of benzene rings is 1. The zero-order valence-electron chi connectivity index (χ0n) is 12.2. The molecule has 116 valence electrons. The summed E-state index contributed by atoms with van der Waals surface area (Å²) in [6, 6.07) is 9.64. The van der Waals surface area contributed by atoms with Crippen LogP contribution in [0.15, 0.2) is 57.8 Å². The molecule has 0 atom stereocenters. The molecule has 0 amide bonds. The maximum absolute atomic E-state index is 13.0. The number of nitrogens with zero attached hydrogens (tertiary/aromatic N) is 3. The van der Waals surface area contributed by atoms with Crippen LogP contribution < -0.4 is 0 Å². The van der Waals surface area contributed by atoms with Crippen molar-refractivity contribution in [2.75, 3.05) is 0 Å². The number of rotatable bonds is 4. The molecule has 0 saturated heterocycles. The molecule has 0 aliphatic heterocycles. The summed E-state index contributed by atoms with van der Waals surface area (Å²) in [5, 5.41) is 11.2. The number of halogens is 1. The summed E-state index contributed by atoms with van der Waals surface area (Å²) in [4.78, 5) is 0. The molecule has 0 bridgehead atoms. The van der Waals surface area contributed by atoms with E-state index >= 15 is 0 Å². The second-order valence-electron chi connectivity index (χ2n) is 4.82. The van der Waals surface area contributed by atoms with Gasteiger partial charge in [-0.05, 0) is 67.2 Å². The molecule has 5 nitrogen and oxygen atoms in total. The third-order valence-electron chi connectivity index (χ3n) is 3.04. The number of hydrogen-bond donors (Lipinski definition) is 1. The van der Waals surface area contributed by atoms with Crippen molar-refractivity contribution in [2.45, 2.75) is 6.92 Å². The molecular weight excluding hydrogens is 315 g/mol. The minimum Gasteiger partial charge on any atom is -0.465 e. The Morgan fingerprint density at radius 2 is 2.13 bits per heavy atom. The monoisotopic (exact) mass is 328 g/mol. The fourth-order valence-electron chi connectivity index (χ4n) is 1.97. The maximum Gasteiger partial charge on any atom is 0.216 e. The van der Waals surface area contributed by atoms with Crippen molar-refractivity contribution in [2.24, 2.45) is 5.10 Å². The predicted molar refractivity (Wildman–Crippen MR) is 89.1 cm³/mol. The zero-order valence-corrected chi connectivity index (χ0v) is 13.0. The van der Waals surface area contributed by atoms with E-state index in [2.05, 4.69) is 15.3 Å². The van der Waals surface area contributed by atoms with Gasteiger partial charge >= 0.3 is 0 Å². The number of furan rings is 1. The molecule has 0 spiro atoms. The lowest BCUT2D eigenvalue weighted by Gasteiger charge is -2.00. The van der Waals surface area contributed by atoms with Gasteiger partial charge in [0.15, 0.2) is 5.82 Å². The van der Waals surface area contributed by atoms with Crippen LogP contribution in [0.4, 0.5) is 4.39 Å². The summed E-state index contributed by atoms with van der Waals surface area (Å²) in [5.74, 6) is 0.940. The molecule has 2 aromatic heterocycles. The summed E-state index contributed by atoms with van der Waals surface area (Å²) < 4.78 is 20.1. The average molecular weight is 328 g/mol. The molecule has 0 radical (unpaired) electrons. The first-order valence-electron chi connectivity index (χ1n) is 6.83. The van der Waals surface area contributed by atoms with Gasteiger partial charge in [0.05, 0.1) is 12.5 Å². The molecule has 3 aromatic rings. The number of aromatic nitrogens is 3. The molecule has 0 unspecified atom stereocenters. The smallest absolute Gasteiger partial charge is 0.216 e. The van der Waals surface area contributed by atoms with Crippen LogP contribution in [0.5, 0.6) is 0 Å². The van der Waals surface area contributed by atoms with Crippen LogP contribution in [0.3, 0.4) is 0 Å². The zero-order chi connectivity index (χ0) is 16.2. The SMILES string of the molecule is C/C(C=Nn1c(-c2ccc(F)cc2)n[nH]c1=S)=C/c1ccco1. The molecule has 0 aliphatic rings. The summed E-state index contributed by atoms with van der Waals surface area (Å²) in [6.45, 7) is 1.90. The van der Waals surface area contributed by atoms with Crippen LogP contribution in [0.1, 0.15) is 12.7 Å². The summed E-state index contributed by atoms with van der Waals surface area (Å²) >= 11 is 5.19. The van der Waals surface area contributed by atoms with Crippen LogP contribution in [0.25, 0.3) is 17.5 Å². The number of nitrogens with one attached hydrogen (secondary N) is 1. The highest BCUT2D eigenvalue weighted by atomic mass is 32.1. The fourth-order valence-corrected chi connectivity index (χ4v) is 2.15. The third-order valence-corrected chi connectivity index (χ3v) is 3.31. The van der Waals surface area contributed by atoms with Crippen molar-refractivity contribution in [3.8, 4) is 11.4 Å². The first kappa shape index (κ1) is 15.1. The van der Waals surface area contributed by atoms with Gasteiger partial charge in [-0.25, -0.2) is 9.49 Å². The topological polar surface area (TPSA) is 59.1 Å². The Kier molecular flexibility index (Phi) is 4.29. The Morgan fingerprint density at radius 1 is 1.35 bits per heavy atom. The minimum atomic E-state index is -0.310. The van der Waals surface area contributed by atoms with Gasteiger partial charge in [0.2, 0.25) is 4.77 Å². The van der Waals surface area contributed by atoms with Gasteiger partial charge in [-0.3, -0.25) is 0 Å². The Hall–Kier alpha value is -2.80. The minimum absolute atomic E-state index is 0.310. The normalized spacial score (nSPS) is 12.2. The highest BCUT2D eigenvalue weighted by Gasteiger charge is 2.08. The second-order valence-corrected chi connectivity index (χ2v) is 5.21. The summed E-state index contributed by atoms with van der Waals surface area (Å²) in [5.41, 5.74) is 1.59. The summed E-state index contributed by atoms with van der Waals surface area (Å²) in [6.07, 6.45) is 5.11. The van der Waals surface area contributed by atoms with E-state index in [4.69, 9.17) is 16.6 Å². The van der Waals surface area contributed by atoms with Gasteiger partial charge in [0, 0.05) is 5.56 Å². The van der Waals surface area contributed by atoms with Crippen LogP contribution in [0.2, 0.25) is 0 Å². The van der Waals surface area contributed by atoms with Crippen molar-refractivity contribution in [1.29, 1.82) is 0 Å². The third kappa shape index (κ3) is 3.51. The van der Waals surface area contributed by atoms with Crippen molar-refractivity contribution in [3.63, 3.8) is 0 Å². The molecule has 0 aliphatic carbocycles. The Labute approximate surface area is 136 Å². The van der Waals surface area contributed by atoms with E-state index in [1.54, 1.807) is 24.6 Å². The van der Waals surface area contributed by atoms with E-state index in [1.165, 1.54) is 16.8 Å². The van der Waals surface area contributed by atoms with Crippen LogP contribution >= 0.6 is 12.2 Å². The molecule has 1 aromatic carbocycles. The molecule has 3 rings (SSSR count). The molecule has 1 N–H and O–H groups in total. The van der Waals surface area contributed by atoms with Gasteiger partial charge in [0.25, 0.3) is 0 Å². The van der Waals surface area contributed by atoms with Crippen LogP contribution in [0, 0.1) is 10.6 Å². The van der Waals surface area contributed by atoms with Gasteiger partial charge < -0.3 is 4.42 Å². The van der Waals surface area contributed by atoms with E-state index in [0.717, 1.165) is 11.3 Å². The predicted octanol–water partition coefficient (Wildman–Crippen LogP) is 4.28. The second kappa shape index (κ2) is 6.53. The fraction of sp³-hybridized carbons (Fsp3) is 0.0625. The molecule has 2 heterocycles. The van der Waals surface area contributed by atoms with Crippen molar-refractivity contribution in [1.82, 2.24) is 14.9 Å². The average Bonchev–Trinajstić information content (AvgIpc) is 3.16. The Bertz CT molecular complexity index is 904. The van der Waals surface area contributed by atoms with E-state index in [0.29, 0.717) is 16.2 Å². The summed E-state index contributed by atoms with van der Waals surface area (Å²) in [7, 11) is 0. The highest BCUT2D eigenvalue weighted by molar-refractivity contribution is 7.71. The molecular formula is C16H13FN4OS. The van der Waals surface area contributed by atoms with Crippen molar-refractivity contribution in [3.05, 3.63) is 64.6 Å². The highest BCUT2D eigenvalue weighted by Crippen LogP contribution is 2.17. The first-order valence-corrected chi connectivity index (χ1v) is 7.24. The lowest BCUT2D eigenvalue weighted by molar-refractivity contribution is 0.557. The van der Waals surface area contributed by atoms with E-state index in [1.807, 2.05) is 25.1 Å². The quantitative estimate of drug-likeness (QED) is 0.574. The van der Waals surface area contributed by atoms with Gasteiger partial charge in [-0.15, -0.1) is 0 Å². The van der Waals surface area contributed by atoms with E-state index in [-0.39, 0.29) is 5.82 Å². The lowest BCUT2D eigenvalue weighted by Crippen LogP contribution is -1.95. The van der Waals surface area contributed by atoms with Gasteiger partial charge in [-0.2, -0.15) is 14.9 Å². The molecule has 0 saturated carbocycles. The number of allylic oxidation sites excluding steroid dienone is 1. The maximum atomic E-state index is 13.0. The number of aromatic amines is 1. The Morgan fingerprint density at radius 3 is 2.83 bits per heavy atom. The number of hydrogen-bond acceptors (Lipinski definition) is 4. The molecule has 7 heteroatoms. The van der Waals surface area contributed by atoms with Crippen LogP contribution in [-0.4, -0.2) is 21.1 Å². The van der Waals surface area contributed by atoms with Gasteiger partial charge in [0.1, 0.15) is 11.6 Å². The van der Waals surface area contributed by atoms with E-state index in [9.17, 15) is 4.39 Å². The van der Waals surface area contributed by atoms with E-state index < -0.39 is 0 Å². The molecule has 0 fully saturated rings. The standard InChI is InChI=1S/C16H13FN4OS/c1-11(9-14-3-2-8-22-14)10-18-21-15(19-20-16(21)23)12-4-6-13(17)7-5-12/h2-10H,1H3,(H,20,23)/b11-9-,18-10?. The largest absolute Gasteiger partial charge is 0.465 e. The van der Waals surface area contributed by atoms with Gasteiger partial charge in [-0.1, -0.05) is 0 Å². The number of H-pyrrole nitrogens is 1. The molecule has 23 heavy (non-hydrogen) atoms. The lowest BCUT2D eigenvalue weighted by atomic mass is 10.2. The van der Waals surface area contributed by atoms with Crippen molar-refractivity contribution < 1.29 is 8.81 Å².